The van der Waals surface area contributed by atoms with Crippen LogP contribution in [0.5, 0.6) is 5.75 Å². The van der Waals surface area contributed by atoms with E-state index in [0.717, 1.165) is 38.3 Å². The Morgan fingerprint density at radius 3 is 2.52 bits per heavy atom. The van der Waals surface area contributed by atoms with Crippen LogP contribution in [-0.4, -0.2) is 61.1 Å². The minimum Gasteiger partial charge on any atom is -0.497 e. The number of ether oxygens (including phenoxy) is 1. The van der Waals surface area contributed by atoms with Crippen LogP contribution in [0, 0.1) is 0 Å². The molecule has 1 aliphatic rings. The third-order valence-electron chi connectivity index (χ3n) is 5.23. The van der Waals surface area contributed by atoms with Gasteiger partial charge in [-0.3, -0.25) is 9.69 Å². The van der Waals surface area contributed by atoms with Gasteiger partial charge in [0.05, 0.1) is 7.11 Å². The largest absolute Gasteiger partial charge is 0.497 e. The van der Waals surface area contributed by atoms with Crippen LogP contribution in [0.2, 0.25) is 0 Å². The first kappa shape index (κ1) is 22.6. The highest BCUT2D eigenvalue weighted by Gasteiger charge is 2.21. The van der Waals surface area contributed by atoms with Crippen LogP contribution >= 0.6 is 0 Å². The third kappa shape index (κ3) is 6.72. The molecule has 0 aromatic heterocycles. The molecule has 2 aromatic carbocycles. The van der Waals surface area contributed by atoms with E-state index in [1.165, 1.54) is 5.56 Å². The molecular formula is C24H32N4O3. The van der Waals surface area contributed by atoms with Gasteiger partial charge < -0.3 is 20.3 Å². The molecule has 7 nitrogen and oxygen atoms in total. The standard InChI is InChI=1S/C24H32N4O3/c1-18(2)25-24(30)26-21-7-4-6-20(16-21)23(29)28-13-5-12-27(14-15-28)17-19-8-10-22(31-3)11-9-19/h4,6-11,16,18H,5,12-15,17H2,1-3H3,(H2,25,26,30). The predicted octanol–water partition coefficient (Wildman–Crippen LogP) is 3.57. The second kappa shape index (κ2) is 10.8. The van der Waals surface area contributed by atoms with Gasteiger partial charge in [-0.25, -0.2) is 4.79 Å². The average molecular weight is 425 g/mol. The molecule has 7 heteroatoms. The minimum atomic E-state index is -0.274. The third-order valence-corrected chi connectivity index (χ3v) is 5.23. The summed E-state index contributed by atoms with van der Waals surface area (Å²) in [6, 6.07) is 15.0. The van der Waals surface area contributed by atoms with E-state index in [1.54, 1.807) is 31.4 Å². The van der Waals surface area contributed by atoms with Gasteiger partial charge in [0.25, 0.3) is 5.91 Å². The van der Waals surface area contributed by atoms with Crippen molar-refractivity contribution < 1.29 is 14.3 Å². The number of methoxy groups -OCH3 is 1. The Balaban J connectivity index is 1.57. The average Bonchev–Trinajstić information content (AvgIpc) is 2.99. The molecule has 166 valence electrons. The number of amides is 3. The lowest BCUT2D eigenvalue weighted by Gasteiger charge is -2.22. The number of hydrogen-bond acceptors (Lipinski definition) is 4. The number of carbonyl (C=O) groups excluding carboxylic acids is 2. The first-order valence-corrected chi connectivity index (χ1v) is 10.8. The van der Waals surface area contributed by atoms with Crippen LogP contribution in [0.3, 0.4) is 0 Å². The van der Waals surface area contributed by atoms with Gasteiger partial charge in [0.15, 0.2) is 0 Å². The molecule has 0 atom stereocenters. The van der Waals surface area contributed by atoms with E-state index in [-0.39, 0.29) is 18.0 Å². The van der Waals surface area contributed by atoms with Crippen molar-refractivity contribution >= 4 is 17.6 Å². The van der Waals surface area contributed by atoms with Crippen molar-refractivity contribution in [1.29, 1.82) is 0 Å². The molecule has 1 fully saturated rings. The number of nitrogens with one attached hydrogen (secondary N) is 2. The van der Waals surface area contributed by atoms with Crippen LogP contribution < -0.4 is 15.4 Å². The van der Waals surface area contributed by atoms with Gasteiger partial charge >= 0.3 is 6.03 Å². The highest BCUT2D eigenvalue weighted by atomic mass is 16.5. The quantitative estimate of drug-likeness (QED) is 0.744. The van der Waals surface area contributed by atoms with Crippen LogP contribution in [0.1, 0.15) is 36.2 Å². The highest BCUT2D eigenvalue weighted by Crippen LogP contribution is 2.17. The molecular weight excluding hydrogens is 392 g/mol. The Kier molecular flexibility index (Phi) is 7.89. The van der Waals surface area contributed by atoms with Crippen molar-refractivity contribution in [2.75, 3.05) is 38.6 Å². The zero-order chi connectivity index (χ0) is 22.2. The van der Waals surface area contributed by atoms with Gasteiger partial charge in [-0.2, -0.15) is 0 Å². The maximum absolute atomic E-state index is 13.1. The summed E-state index contributed by atoms with van der Waals surface area (Å²) in [6.45, 7) is 7.84. The van der Waals surface area contributed by atoms with Crippen LogP contribution in [0.15, 0.2) is 48.5 Å². The summed E-state index contributed by atoms with van der Waals surface area (Å²) in [6.07, 6.45) is 0.927. The lowest BCUT2D eigenvalue weighted by molar-refractivity contribution is 0.0761. The van der Waals surface area contributed by atoms with Crippen LogP contribution in [-0.2, 0) is 6.54 Å². The minimum absolute atomic E-state index is 0.000727. The van der Waals surface area contributed by atoms with Crippen LogP contribution in [0.4, 0.5) is 10.5 Å². The fourth-order valence-electron chi connectivity index (χ4n) is 3.66. The summed E-state index contributed by atoms with van der Waals surface area (Å²) in [5, 5.41) is 5.57. The van der Waals surface area contributed by atoms with Gasteiger partial charge in [0.1, 0.15) is 5.75 Å². The van der Waals surface area contributed by atoms with Gasteiger partial charge in [0.2, 0.25) is 0 Å². The molecule has 0 bridgehead atoms. The number of benzene rings is 2. The summed E-state index contributed by atoms with van der Waals surface area (Å²) >= 11 is 0. The van der Waals surface area contributed by atoms with E-state index in [4.69, 9.17) is 4.74 Å². The maximum atomic E-state index is 13.1. The normalized spacial score (nSPS) is 14.8. The summed E-state index contributed by atoms with van der Waals surface area (Å²) < 4.78 is 5.22. The van der Waals surface area contributed by atoms with Crippen molar-refractivity contribution in [3.63, 3.8) is 0 Å². The molecule has 0 unspecified atom stereocenters. The predicted molar refractivity (Wildman–Crippen MR) is 123 cm³/mol. The molecule has 2 aromatic rings. The highest BCUT2D eigenvalue weighted by molar-refractivity contribution is 5.97. The van der Waals surface area contributed by atoms with Crippen molar-refractivity contribution in [1.82, 2.24) is 15.1 Å². The van der Waals surface area contributed by atoms with Crippen LogP contribution in [0.25, 0.3) is 0 Å². The number of carbonyl (C=O) groups is 2. The molecule has 2 N–H and O–H groups in total. The van der Waals surface area contributed by atoms with Gasteiger partial charge in [0, 0.05) is 50.0 Å². The Labute approximate surface area is 184 Å². The zero-order valence-corrected chi connectivity index (χ0v) is 18.6. The fourth-order valence-corrected chi connectivity index (χ4v) is 3.66. The lowest BCUT2D eigenvalue weighted by Crippen LogP contribution is -2.35. The van der Waals surface area contributed by atoms with Crippen molar-refractivity contribution in [3.8, 4) is 5.75 Å². The zero-order valence-electron chi connectivity index (χ0n) is 18.6. The summed E-state index contributed by atoms with van der Waals surface area (Å²) in [4.78, 5) is 29.3. The monoisotopic (exact) mass is 424 g/mol. The molecule has 31 heavy (non-hydrogen) atoms. The molecule has 3 rings (SSSR count). The Hall–Kier alpha value is -3.06. The molecule has 3 amide bonds. The van der Waals surface area contributed by atoms with Gasteiger partial charge in [-0.1, -0.05) is 18.2 Å². The summed E-state index contributed by atoms with van der Waals surface area (Å²) in [5.74, 6) is 0.856. The molecule has 0 spiro atoms. The van der Waals surface area contributed by atoms with E-state index in [0.29, 0.717) is 17.8 Å². The van der Waals surface area contributed by atoms with E-state index >= 15 is 0 Å². The number of hydrogen-bond donors (Lipinski definition) is 2. The molecule has 0 aliphatic carbocycles. The Bertz CT molecular complexity index is 883. The summed E-state index contributed by atoms with van der Waals surface area (Å²) in [5.41, 5.74) is 2.44. The number of anilines is 1. The van der Waals surface area contributed by atoms with E-state index in [1.807, 2.05) is 30.9 Å². The number of rotatable bonds is 6. The van der Waals surface area contributed by atoms with Crippen molar-refractivity contribution in [2.24, 2.45) is 0 Å². The Morgan fingerprint density at radius 2 is 1.81 bits per heavy atom. The first-order valence-electron chi connectivity index (χ1n) is 10.8. The van der Waals surface area contributed by atoms with E-state index < -0.39 is 0 Å². The second-order valence-electron chi connectivity index (χ2n) is 8.10. The number of urea groups is 1. The van der Waals surface area contributed by atoms with E-state index in [2.05, 4.69) is 27.7 Å². The van der Waals surface area contributed by atoms with Gasteiger partial charge in [-0.05, 0) is 56.2 Å². The summed E-state index contributed by atoms with van der Waals surface area (Å²) in [7, 11) is 1.67. The molecule has 1 saturated heterocycles. The van der Waals surface area contributed by atoms with Crippen molar-refractivity contribution in [3.05, 3.63) is 59.7 Å². The van der Waals surface area contributed by atoms with Crippen molar-refractivity contribution in [2.45, 2.75) is 32.9 Å². The SMILES string of the molecule is COc1ccc(CN2CCCN(C(=O)c3cccc(NC(=O)NC(C)C)c3)CC2)cc1. The first-order chi connectivity index (χ1) is 14.9. The fraction of sp³-hybridized carbons (Fsp3) is 0.417. The molecule has 1 heterocycles. The lowest BCUT2D eigenvalue weighted by atomic mass is 10.1. The molecule has 0 saturated carbocycles. The smallest absolute Gasteiger partial charge is 0.319 e. The Morgan fingerprint density at radius 1 is 1.03 bits per heavy atom. The molecule has 0 radical (unpaired) electrons. The van der Waals surface area contributed by atoms with E-state index in [9.17, 15) is 9.59 Å². The maximum Gasteiger partial charge on any atom is 0.319 e. The second-order valence-corrected chi connectivity index (χ2v) is 8.10. The molecule has 1 aliphatic heterocycles. The number of nitrogens with zero attached hydrogens (tertiary/aromatic N) is 2. The van der Waals surface area contributed by atoms with Gasteiger partial charge in [-0.15, -0.1) is 0 Å². The topological polar surface area (TPSA) is 73.9 Å².